The fraction of sp³-hybridized carbons (Fsp3) is 0.550. The van der Waals surface area contributed by atoms with E-state index >= 15 is 0 Å². The van der Waals surface area contributed by atoms with E-state index in [9.17, 15) is 9.90 Å². The molecule has 2 heterocycles. The van der Waals surface area contributed by atoms with E-state index in [0.717, 1.165) is 6.42 Å². The zero-order chi connectivity index (χ0) is 20.4. The first-order valence-electron chi connectivity index (χ1n) is 9.17. The van der Waals surface area contributed by atoms with Crippen LogP contribution in [0.4, 0.5) is 0 Å². The fourth-order valence-corrected chi connectivity index (χ4v) is 5.22. The van der Waals surface area contributed by atoms with Gasteiger partial charge in [-0.05, 0) is 13.3 Å². The van der Waals surface area contributed by atoms with E-state index < -0.39 is 16.5 Å². The molecule has 0 bridgehead atoms. The molecule has 28 heavy (non-hydrogen) atoms. The molecule has 1 aliphatic carbocycles. The van der Waals surface area contributed by atoms with E-state index in [4.69, 9.17) is 43.2 Å². The monoisotopic (exact) mass is 426 g/mol. The lowest BCUT2D eigenvalue weighted by atomic mass is 9.68. The number of Topliss-reactive ketones (excluding diaryl/α,β-unsaturated/α-hetero) is 1. The first-order chi connectivity index (χ1) is 13.2. The summed E-state index contributed by atoms with van der Waals surface area (Å²) in [7, 11) is 2.95. The number of thiol groups is 1. The maximum Gasteiger partial charge on any atom is 0.215 e. The zero-order valence-corrected chi connectivity index (χ0v) is 17.8. The van der Waals surface area contributed by atoms with Crippen LogP contribution in [-0.4, -0.2) is 42.1 Å². The Balaban J connectivity index is 1.93. The molecule has 1 unspecified atom stereocenters. The molecule has 152 valence electrons. The van der Waals surface area contributed by atoms with Crippen LogP contribution in [0, 0.1) is 5.92 Å². The third-order valence-electron chi connectivity index (χ3n) is 6.10. The van der Waals surface area contributed by atoms with Gasteiger partial charge in [-0.15, -0.1) is 0 Å². The summed E-state index contributed by atoms with van der Waals surface area (Å²) in [6.45, 7) is 4.23. The normalized spacial score (nSPS) is 33.5. The number of hydrogen-bond acceptors (Lipinski definition) is 7. The number of fused-ring (bicyclic) bond motifs is 1. The number of hydrogen-bond donors (Lipinski definition) is 2. The van der Waals surface area contributed by atoms with Gasteiger partial charge in [-0.2, -0.15) is 12.6 Å². The van der Waals surface area contributed by atoms with Crippen molar-refractivity contribution in [2.24, 2.45) is 5.92 Å². The van der Waals surface area contributed by atoms with Crippen molar-refractivity contribution in [2.45, 2.75) is 43.1 Å². The number of rotatable bonds is 3. The van der Waals surface area contributed by atoms with Crippen LogP contribution in [0.25, 0.3) is 0 Å². The number of methoxy groups -OCH3 is 2. The molecule has 0 fully saturated rings. The average molecular weight is 427 g/mol. The lowest BCUT2D eigenvalue weighted by Crippen LogP contribution is -2.63. The highest BCUT2D eigenvalue weighted by Crippen LogP contribution is 2.62. The van der Waals surface area contributed by atoms with Gasteiger partial charge in [0.1, 0.15) is 28.4 Å². The summed E-state index contributed by atoms with van der Waals surface area (Å²) in [5.74, 6) is 1.16. The quantitative estimate of drug-likeness (QED) is 0.721. The molecule has 3 aliphatic rings. The molecule has 4 atom stereocenters. The molecule has 4 rings (SSSR count). The standard InChI is InChI=1S/C20H23ClO6S/c1-5-9-8-26-12-7-19(2,28)20(17(22)13(9)12)18(23)14-10(24-3)6-11(25-4)15(21)16(14)27-20/h6,9,18,23,28H,5,7-8H2,1-4H3/t9-,18?,19-,20+/m1/s1. The number of ketones is 1. The van der Waals surface area contributed by atoms with Crippen molar-refractivity contribution in [2.75, 3.05) is 20.8 Å². The number of allylic oxidation sites excluding steroid dienone is 1. The van der Waals surface area contributed by atoms with Crippen molar-refractivity contribution in [3.63, 3.8) is 0 Å². The van der Waals surface area contributed by atoms with Gasteiger partial charge in [-0.25, -0.2) is 0 Å². The van der Waals surface area contributed by atoms with E-state index in [1.54, 1.807) is 13.0 Å². The molecule has 8 heteroatoms. The Labute approximate surface area is 174 Å². The first-order valence-corrected chi connectivity index (χ1v) is 10.00. The van der Waals surface area contributed by atoms with Crippen LogP contribution in [0.15, 0.2) is 17.4 Å². The molecule has 1 aromatic carbocycles. The summed E-state index contributed by atoms with van der Waals surface area (Å²) >= 11 is 11.2. The number of ether oxygens (including phenoxy) is 4. The van der Waals surface area contributed by atoms with E-state index in [1.807, 2.05) is 6.92 Å². The third-order valence-corrected chi connectivity index (χ3v) is 6.94. The van der Waals surface area contributed by atoms with Crippen LogP contribution in [0.1, 0.15) is 38.4 Å². The van der Waals surface area contributed by atoms with Gasteiger partial charge in [0.05, 0.1) is 31.1 Å². The van der Waals surface area contributed by atoms with Crippen LogP contribution in [0.5, 0.6) is 17.2 Å². The van der Waals surface area contributed by atoms with Gasteiger partial charge in [-0.3, -0.25) is 4.79 Å². The highest BCUT2D eigenvalue weighted by molar-refractivity contribution is 7.82. The Hall–Kier alpha value is -1.57. The Bertz CT molecular complexity index is 895. The number of aliphatic hydroxyl groups is 1. The third kappa shape index (κ3) is 2.30. The van der Waals surface area contributed by atoms with Crippen molar-refractivity contribution in [3.05, 3.63) is 28.0 Å². The van der Waals surface area contributed by atoms with Crippen molar-refractivity contribution >= 4 is 30.0 Å². The van der Waals surface area contributed by atoms with Crippen molar-refractivity contribution in [1.82, 2.24) is 0 Å². The molecule has 0 amide bonds. The summed E-state index contributed by atoms with van der Waals surface area (Å²) in [6, 6.07) is 1.58. The predicted octanol–water partition coefficient (Wildman–Crippen LogP) is 3.49. The summed E-state index contributed by atoms with van der Waals surface area (Å²) in [5.41, 5.74) is -0.720. The van der Waals surface area contributed by atoms with Gasteiger partial charge in [0.2, 0.25) is 11.4 Å². The molecule has 0 radical (unpaired) electrons. The molecule has 1 spiro atoms. The number of benzene rings is 1. The Morgan fingerprint density at radius 2 is 2.04 bits per heavy atom. The topological polar surface area (TPSA) is 74.2 Å². The SMILES string of the molecule is CC[C@@H]1COC2=C1C(=O)[C@@]1(Oc3c(Cl)c(OC)cc(OC)c3C1O)[C@](C)(S)C2. The van der Waals surface area contributed by atoms with Gasteiger partial charge in [-0.1, -0.05) is 18.5 Å². The summed E-state index contributed by atoms with van der Waals surface area (Å²) < 4.78 is 21.7. The van der Waals surface area contributed by atoms with E-state index in [-0.39, 0.29) is 22.5 Å². The second kappa shape index (κ2) is 6.47. The molecule has 1 aromatic rings. The largest absolute Gasteiger partial charge is 0.497 e. The van der Waals surface area contributed by atoms with Gasteiger partial charge in [0.15, 0.2) is 5.75 Å². The number of halogens is 1. The minimum atomic E-state index is -1.64. The minimum absolute atomic E-state index is 0.0322. The number of aliphatic hydroxyl groups excluding tert-OH is 1. The number of carbonyl (C=O) groups is 1. The van der Waals surface area contributed by atoms with Gasteiger partial charge >= 0.3 is 0 Å². The van der Waals surface area contributed by atoms with E-state index in [1.165, 1.54) is 14.2 Å². The molecule has 0 saturated heterocycles. The van der Waals surface area contributed by atoms with Gasteiger partial charge in [0.25, 0.3) is 0 Å². The Morgan fingerprint density at radius 3 is 2.64 bits per heavy atom. The summed E-state index contributed by atoms with van der Waals surface area (Å²) in [6.07, 6.45) is -0.191. The average Bonchev–Trinajstić information content (AvgIpc) is 3.21. The predicted molar refractivity (Wildman–Crippen MR) is 107 cm³/mol. The zero-order valence-electron chi connectivity index (χ0n) is 16.2. The first kappa shape index (κ1) is 19.7. The highest BCUT2D eigenvalue weighted by atomic mass is 35.5. The van der Waals surface area contributed by atoms with E-state index in [0.29, 0.717) is 41.4 Å². The molecule has 0 saturated carbocycles. The lowest BCUT2D eigenvalue weighted by molar-refractivity contribution is -0.144. The molecule has 0 aromatic heterocycles. The van der Waals surface area contributed by atoms with Crippen LogP contribution in [-0.2, 0) is 9.53 Å². The van der Waals surface area contributed by atoms with Crippen molar-refractivity contribution in [3.8, 4) is 17.2 Å². The maximum absolute atomic E-state index is 13.8. The molecule has 6 nitrogen and oxygen atoms in total. The van der Waals surface area contributed by atoms with Crippen LogP contribution in [0.2, 0.25) is 5.02 Å². The minimum Gasteiger partial charge on any atom is -0.497 e. The maximum atomic E-state index is 13.8. The van der Waals surface area contributed by atoms with Gasteiger partial charge in [0, 0.05) is 24.0 Å². The van der Waals surface area contributed by atoms with Crippen molar-refractivity contribution < 1.29 is 28.8 Å². The summed E-state index contributed by atoms with van der Waals surface area (Å²) in [5, 5.41) is 11.6. The van der Waals surface area contributed by atoms with Crippen LogP contribution < -0.4 is 14.2 Å². The van der Waals surface area contributed by atoms with Crippen LogP contribution >= 0.6 is 24.2 Å². The van der Waals surface area contributed by atoms with E-state index in [2.05, 4.69) is 0 Å². The Kier molecular flexibility index (Phi) is 4.56. The second-order valence-electron chi connectivity index (χ2n) is 7.61. The molecule has 2 aliphatic heterocycles. The fourth-order valence-electron chi connectivity index (χ4n) is 4.53. The molecule has 1 N–H and O–H groups in total. The second-order valence-corrected chi connectivity index (χ2v) is 8.98. The molecular weight excluding hydrogens is 404 g/mol. The van der Waals surface area contributed by atoms with Crippen LogP contribution in [0.3, 0.4) is 0 Å². The smallest absolute Gasteiger partial charge is 0.215 e. The van der Waals surface area contributed by atoms with Gasteiger partial charge < -0.3 is 24.1 Å². The molecular formula is C20H23ClO6S. The van der Waals surface area contributed by atoms with Crippen molar-refractivity contribution in [1.29, 1.82) is 0 Å². The Morgan fingerprint density at radius 1 is 1.36 bits per heavy atom. The summed E-state index contributed by atoms with van der Waals surface area (Å²) in [4.78, 5) is 13.8. The highest BCUT2D eigenvalue weighted by Gasteiger charge is 2.68. The lowest BCUT2D eigenvalue weighted by Gasteiger charge is -2.46. The number of carbonyl (C=O) groups excluding carboxylic acids is 1.